The van der Waals surface area contributed by atoms with Crippen LogP contribution in [0.5, 0.6) is 17.2 Å². The number of amides is 3. The first-order valence-corrected chi connectivity index (χ1v) is 14.6. The largest absolute Gasteiger partial charge is 0.493 e. The van der Waals surface area contributed by atoms with Crippen LogP contribution in [0.1, 0.15) is 69.2 Å². The van der Waals surface area contributed by atoms with Gasteiger partial charge in [0.15, 0.2) is 11.5 Å². The summed E-state index contributed by atoms with van der Waals surface area (Å²) in [5, 5.41) is 12.8. The second-order valence-corrected chi connectivity index (χ2v) is 11.8. The molecule has 1 unspecified atom stereocenters. The third-order valence-corrected chi connectivity index (χ3v) is 7.88. The number of urea groups is 1. The zero-order valence-electron chi connectivity index (χ0n) is 25.3. The smallest absolute Gasteiger partial charge is 0.430 e. The van der Waals surface area contributed by atoms with E-state index in [1.54, 1.807) is 45.9 Å². The fourth-order valence-electron chi connectivity index (χ4n) is 5.53. The highest BCUT2D eigenvalue weighted by atomic mass is 19.4. The van der Waals surface area contributed by atoms with Crippen LogP contribution in [0.2, 0.25) is 0 Å². The maximum Gasteiger partial charge on any atom is 0.430 e. The average molecular weight is 647 g/mol. The highest BCUT2D eigenvalue weighted by Crippen LogP contribution is 2.51. The van der Waals surface area contributed by atoms with Crippen LogP contribution in [0.15, 0.2) is 30.3 Å². The van der Waals surface area contributed by atoms with E-state index in [1.165, 1.54) is 0 Å². The Labute approximate surface area is 256 Å². The van der Waals surface area contributed by atoms with Crippen molar-refractivity contribution >= 4 is 11.9 Å². The Morgan fingerprint density at radius 2 is 1.64 bits per heavy atom. The van der Waals surface area contributed by atoms with Crippen LogP contribution >= 0.6 is 0 Å². The van der Waals surface area contributed by atoms with E-state index in [2.05, 4.69) is 5.32 Å². The summed E-state index contributed by atoms with van der Waals surface area (Å²) >= 11 is 0. The minimum absolute atomic E-state index is 0.0209. The quantitative estimate of drug-likeness (QED) is 0.155. The maximum absolute atomic E-state index is 13.7. The van der Waals surface area contributed by atoms with E-state index in [0.717, 1.165) is 11.0 Å². The van der Waals surface area contributed by atoms with Gasteiger partial charge in [0.05, 0.1) is 6.61 Å². The third-order valence-electron chi connectivity index (χ3n) is 7.88. The van der Waals surface area contributed by atoms with Crippen LogP contribution in [0.3, 0.4) is 0 Å². The lowest BCUT2D eigenvalue weighted by atomic mass is 9.86. The molecule has 2 aliphatic heterocycles. The molecule has 2 heterocycles. The Morgan fingerprint density at radius 3 is 2.27 bits per heavy atom. The number of aryl methyl sites for hydroxylation is 1. The molecule has 2 aromatic rings. The highest BCUT2D eigenvalue weighted by Gasteiger charge is 2.71. The summed E-state index contributed by atoms with van der Waals surface area (Å²) in [7, 11) is 0. The van der Waals surface area contributed by atoms with Gasteiger partial charge < -0.3 is 24.6 Å². The molecule has 1 fully saturated rings. The summed E-state index contributed by atoms with van der Waals surface area (Å²) in [6, 6.07) is 5.81. The van der Waals surface area contributed by atoms with Crippen molar-refractivity contribution in [3.63, 3.8) is 0 Å². The molecule has 3 amide bonds. The molecule has 2 aliphatic rings. The van der Waals surface area contributed by atoms with Gasteiger partial charge in [-0.15, -0.1) is 0 Å². The summed E-state index contributed by atoms with van der Waals surface area (Å²) < 4.78 is 98.8. The molecule has 45 heavy (non-hydrogen) atoms. The number of rotatable bonds is 12. The average Bonchev–Trinajstić information content (AvgIpc) is 3.49. The van der Waals surface area contributed by atoms with Gasteiger partial charge >= 0.3 is 18.4 Å². The number of ether oxygens (including phenoxy) is 3. The maximum atomic E-state index is 13.7. The van der Waals surface area contributed by atoms with Crippen molar-refractivity contribution in [3.8, 4) is 17.2 Å². The molecular formula is C31H36F6N2O6. The van der Waals surface area contributed by atoms with Gasteiger partial charge in [-0.25, -0.2) is 4.79 Å². The van der Waals surface area contributed by atoms with E-state index < -0.39 is 41.0 Å². The molecule has 0 aromatic heterocycles. The number of carbonyl (C=O) groups excluding carboxylic acids is 2. The molecule has 248 valence electrons. The van der Waals surface area contributed by atoms with Gasteiger partial charge in [-0.3, -0.25) is 9.69 Å². The Kier molecular flexibility index (Phi) is 9.58. The van der Waals surface area contributed by atoms with Crippen LogP contribution in [0, 0.1) is 5.92 Å². The number of benzene rings is 2. The predicted molar refractivity (Wildman–Crippen MR) is 150 cm³/mol. The molecule has 8 nitrogen and oxygen atoms in total. The lowest BCUT2D eigenvalue weighted by Gasteiger charge is -2.34. The molecule has 0 saturated carbocycles. The van der Waals surface area contributed by atoms with Gasteiger partial charge in [-0.1, -0.05) is 33.3 Å². The topological polar surface area (TPSA) is 97.3 Å². The number of halogens is 6. The first-order valence-electron chi connectivity index (χ1n) is 14.6. The van der Waals surface area contributed by atoms with E-state index in [0.29, 0.717) is 42.4 Å². The summed E-state index contributed by atoms with van der Waals surface area (Å²) in [5.74, 6) is 0.544. The highest BCUT2D eigenvalue weighted by molar-refractivity contribution is 6.07. The first-order chi connectivity index (χ1) is 20.9. The number of nitrogens with zero attached hydrogens (tertiary/aromatic N) is 1. The number of hydrogen-bond donors (Lipinski definition) is 2. The van der Waals surface area contributed by atoms with Crippen molar-refractivity contribution in [2.75, 3.05) is 19.9 Å². The van der Waals surface area contributed by atoms with Crippen LogP contribution in [0.25, 0.3) is 0 Å². The van der Waals surface area contributed by atoms with E-state index in [-0.39, 0.29) is 55.6 Å². The van der Waals surface area contributed by atoms with Gasteiger partial charge in [0, 0.05) is 12.1 Å². The van der Waals surface area contributed by atoms with Gasteiger partial charge in [0.2, 0.25) is 6.79 Å². The number of aliphatic hydroxyl groups is 1. The van der Waals surface area contributed by atoms with Crippen molar-refractivity contribution in [1.82, 2.24) is 10.2 Å². The molecule has 4 rings (SSSR count). The number of unbranched alkanes of at least 4 members (excludes halogenated alkanes) is 1. The van der Waals surface area contributed by atoms with Gasteiger partial charge in [0.25, 0.3) is 11.5 Å². The Hall–Kier alpha value is -3.68. The zero-order chi connectivity index (χ0) is 33.4. The number of hydrogen-bond acceptors (Lipinski definition) is 6. The SMILES string of the molecule is CCCc1cc(C(O)(C(F)(F)F)C(F)(F)F)cc(CC(C)C)c1OCCCCN1C(=O)NC(C)(c2ccc3c(c2)OCO3)C1=O. The summed E-state index contributed by atoms with van der Waals surface area (Å²) in [6.07, 6.45) is -10.8. The molecule has 0 spiro atoms. The van der Waals surface area contributed by atoms with E-state index >= 15 is 0 Å². The molecule has 14 heteroatoms. The lowest BCUT2D eigenvalue weighted by molar-refractivity contribution is -0.376. The van der Waals surface area contributed by atoms with Crippen LogP contribution < -0.4 is 19.5 Å². The summed E-state index contributed by atoms with van der Waals surface area (Å²) in [4.78, 5) is 27.1. The van der Waals surface area contributed by atoms with Crippen molar-refractivity contribution in [1.29, 1.82) is 0 Å². The third kappa shape index (κ3) is 6.52. The monoisotopic (exact) mass is 646 g/mol. The number of nitrogens with one attached hydrogen (secondary N) is 1. The van der Waals surface area contributed by atoms with Crippen LogP contribution in [-0.4, -0.2) is 54.2 Å². The minimum atomic E-state index is -6.01. The number of imide groups is 1. The predicted octanol–water partition coefficient (Wildman–Crippen LogP) is 6.50. The number of carbonyl (C=O) groups is 2. The van der Waals surface area contributed by atoms with Crippen molar-refractivity contribution in [2.24, 2.45) is 5.92 Å². The van der Waals surface area contributed by atoms with Crippen molar-refractivity contribution in [2.45, 2.75) is 83.3 Å². The molecule has 2 N–H and O–H groups in total. The second-order valence-electron chi connectivity index (χ2n) is 11.8. The normalized spacial score (nSPS) is 18.6. The standard InChI is InChI=1S/C31H36F6N2O6/c1-5-8-19-14-22(29(42,30(32,33)34)31(35,36)37)15-20(13-18(2)3)25(19)43-12-7-6-11-39-26(40)28(4,38-27(39)41)21-9-10-23-24(16-21)45-17-44-23/h9-10,14-16,18,42H,5-8,11-13,17H2,1-4H3,(H,38,41). The fourth-order valence-corrected chi connectivity index (χ4v) is 5.53. The molecule has 1 saturated heterocycles. The Balaban J connectivity index is 1.48. The zero-order valence-corrected chi connectivity index (χ0v) is 25.3. The minimum Gasteiger partial charge on any atom is -0.493 e. The first kappa shape index (κ1) is 34.2. The molecule has 0 radical (unpaired) electrons. The number of alkyl halides is 6. The Morgan fingerprint density at radius 1 is 1.00 bits per heavy atom. The summed E-state index contributed by atoms with van der Waals surface area (Å²) in [5.41, 5.74) is -6.93. The van der Waals surface area contributed by atoms with E-state index in [4.69, 9.17) is 14.2 Å². The van der Waals surface area contributed by atoms with E-state index in [9.17, 15) is 41.0 Å². The number of fused-ring (bicyclic) bond motifs is 1. The molecule has 1 atom stereocenters. The van der Waals surface area contributed by atoms with Crippen LogP contribution in [-0.2, 0) is 28.8 Å². The molecule has 2 aromatic carbocycles. The lowest BCUT2D eigenvalue weighted by Crippen LogP contribution is -2.54. The fraction of sp³-hybridized carbons (Fsp3) is 0.548. The van der Waals surface area contributed by atoms with Crippen LogP contribution in [0.4, 0.5) is 31.1 Å². The van der Waals surface area contributed by atoms with E-state index in [1.807, 2.05) is 0 Å². The molecule has 0 bridgehead atoms. The van der Waals surface area contributed by atoms with Crippen molar-refractivity contribution in [3.05, 3.63) is 52.6 Å². The second kappa shape index (κ2) is 12.6. The molecular weight excluding hydrogens is 610 g/mol. The van der Waals surface area contributed by atoms with Crippen molar-refractivity contribution < 1.29 is 55.2 Å². The van der Waals surface area contributed by atoms with Gasteiger partial charge in [0.1, 0.15) is 11.3 Å². The molecule has 0 aliphatic carbocycles. The Bertz CT molecular complexity index is 1410. The summed E-state index contributed by atoms with van der Waals surface area (Å²) in [6.45, 7) is 6.94. The van der Waals surface area contributed by atoms with Gasteiger partial charge in [-0.05, 0) is 79.5 Å². The van der Waals surface area contributed by atoms with Gasteiger partial charge in [-0.2, -0.15) is 26.3 Å².